The van der Waals surface area contributed by atoms with Gasteiger partial charge in [-0.15, -0.1) is 0 Å². The van der Waals surface area contributed by atoms with Gasteiger partial charge in [0.05, 0.1) is 5.60 Å². The Morgan fingerprint density at radius 3 is 2.33 bits per heavy atom. The van der Waals surface area contributed by atoms with E-state index in [-0.39, 0.29) is 0 Å². The number of nitrogens with zero attached hydrogens (tertiary/aromatic N) is 1. The van der Waals surface area contributed by atoms with Crippen molar-refractivity contribution in [2.45, 2.75) is 45.1 Å². The fraction of sp³-hybridized carbons (Fsp3) is 0.909. The summed E-state index contributed by atoms with van der Waals surface area (Å²) < 4.78 is 0. The van der Waals surface area contributed by atoms with Gasteiger partial charge in [0.25, 0.3) is 0 Å². The van der Waals surface area contributed by atoms with Crippen LogP contribution >= 0.6 is 0 Å². The van der Waals surface area contributed by atoms with Gasteiger partial charge in [-0.2, -0.15) is 0 Å². The summed E-state index contributed by atoms with van der Waals surface area (Å²) in [6.45, 7) is 5.01. The molecule has 0 radical (unpaired) electrons. The van der Waals surface area contributed by atoms with E-state index in [1.807, 2.05) is 0 Å². The Morgan fingerprint density at radius 1 is 1.33 bits per heavy atom. The highest BCUT2D eigenvalue weighted by atomic mass is 16.3. The van der Waals surface area contributed by atoms with Crippen molar-refractivity contribution < 1.29 is 5.11 Å². The number of nitrogens with two attached hydrogens (primary N) is 1. The van der Waals surface area contributed by atoms with Crippen molar-refractivity contribution in [2.24, 2.45) is 16.1 Å². The Kier molecular flexibility index (Phi) is 3.60. The Balaban J connectivity index is 2.42. The molecule has 0 saturated heterocycles. The molecule has 0 bridgehead atoms. The van der Waals surface area contributed by atoms with Gasteiger partial charge >= 0.3 is 0 Å². The molecule has 0 amide bonds. The van der Waals surface area contributed by atoms with Crippen LogP contribution in [0.25, 0.3) is 0 Å². The van der Waals surface area contributed by atoms with Crippen LogP contribution < -0.4 is 11.1 Å². The SMILES string of the molecule is CN=C(N)NCC1(O)CCC(C)(C)CC1. The van der Waals surface area contributed by atoms with Gasteiger partial charge in [0.15, 0.2) is 5.96 Å². The molecule has 0 heterocycles. The lowest BCUT2D eigenvalue weighted by Gasteiger charge is -2.40. The van der Waals surface area contributed by atoms with Crippen LogP contribution in [0.15, 0.2) is 4.99 Å². The Bertz CT molecular complexity index is 238. The summed E-state index contributed by atoms with van der Waals surface area (Å²) in [6, 6.07) is 0. The molecule has 0 atom stereocenters. The second-order valence-corrected chi connectivity index (χ2v) is 5.35. The van der Waals surface area contributed by atoms with Gasteiger partial charge in [-0.05, 0) is 31.1 Å². The van der Waals surface area contributed by atoms with E-state index in [1.54, 1.807) is 7.05 Å². The zero-order chi connectivity index (χ0) is 11.5. The molecule has 1 aliphatic rings. The quantitative estimate of drug-likeness (QED) is 0.470. The minimum atomic E-state index is -0.606. The third-order valence-corrected chi connectivity index (χ3v) is 3.37. The third kappa shape index (κ3) is 3.70. The molecule has 1 aliphatic carbocycles. The van der Waals surface area contributed by atoms with E-state index in [9.17, 15) is 5.11 Å². The van der Waals surface area contributed by atoms with Crippen LogP contribution in [0.1, 0.15) is 39.5 Å². The van der Waals surface area contributed by atoms with E-state index in [0.717, 1.165) is 25.7 Å². The maximum atomic E-state index is 10.3. The van der Waals surface area contributed by atoms with Crippen LogP contribution in [0.3, 0.4) is 0 Å². The molecule has 4 nitrogen and oxygen atoms in total. The van der Waals surface area contributed by atoms with E-state index >= 15 is 0 Å². The van der Waals surface area contributed by atoms with Crippen molar-refractivity contribution in [1.29, 1.82) is 0 Å². The molecule has 0 unspecified atom stereocenters. The summed E-state index contributed by atoms with van der Waals surface area (Å²) in [4.78, 5) is 3.80. The van der Waals surface area contributed by atoms with E-state index in [4.69, 9.17) is 5.73 Å². The molecular weight excluding hydrogens is 190 g/mol. The van der Waals surface area contributed by atoms with Crippen molar-refractivity contribution >= 4 is 5.96 Å². The largest absolute Gasteiger partial charge is 0.388 e. The fourth-order valence-corrected chi connectivity index (χ4v) is 1.90. The molecule has 0 spiro atoms. The smallest absolute Gasteiger partial charge is 0.188 e. The Morgan fingerprint density at radius 2 is 1.87 bits per heavy atom. The van der Waals surface area contributed by atoms with Crippen LogP contribution in [0.4, 0.5) is 0 Å². The van der Waals surface area contributed by atoms with Crippen LogP contribution in [0.2, 0.25) is 0 Å². The number of aliphatic hydroxyl groups is 1. The van der Waals surface area contributed by atoms with Gasteiger partial charge in [0.1, 0.15) is 0 Å². The van der Waals surface area contributed by atoms with Crippen molar-refractivity contribution in [3.63, 3.8) is 0 Å². The summed E-state index contributed by atoms with van der Waals surface area (Å²) in [7, 11) is 1.64. The molecule has 88 valence electrons. The van der Waals surface area contributed by atoms with Gasteiger partial charge in [-0.1, -0.05) is 13.8 Å². The van der Waals surface area contributed by atoms with Crippen LogP contribution in [0.5, 0.6) is 0 Å². The van der Waals surface area contributed by atoms with Gasteiger partial charge < -0.3 is 16.2 Å². The lowest BCUT2D eigenvalue weighted by atomic mass is 9.71. The monoisotopic (exact) mass is 213 g/mol. The first-order chi connectivity index (χ1) is 6.87. The van der Waals surface area contributed by atoms with Crippen molar-refractivity contribution in [3.05, 3.63) is 0 Å². The lowest BCUT2D eigenvalue weighted by Crippen LogP contribution is -2.48. The summed E-state index contributed by atoms with van der Waals surface area (Å²) >= 11 is 0. The highest BCUT2D eigenvalue weighted by molar-refractivity contribution is 5.77. The first kappa shape index (κ1) is 12.3. The highest BCUT2D eigenvalue weighted by Crippen LogP contribution is 2.39. The molecule has 4 N–H and O–H groups in total. The number of hydrogen-bond acceptors (Lipinski definition) is 2. The van der Waals surface area contributed by atoms with E-state index in [0.29, 0.717) is 17.9 Å². The minimum absolute atomic E-state index is 0.372. The summed E-state index contributed by atoms with van der Waals surface area (Å²) in [5, 5.41) is 13.2. The Hall–Kier alpha value is -0.770. The first-order valence-electron chi connectivity index (χ1n) is 5.55. The maximum Gasteiger partial charge on any atom is 0.188 e. The van der Waals surface area contributed by atoms with Crippen LogP contribution in [-0.4, -0.2) is 30.3 Å². The molecule has 1 rings (SSSR count). The molecule has 0 aromatic rings. The highest BCUT2D eigenvalue weighted by Gasteiger charge is 2.36. The number of aliphatic imine (C=N–C) groups is 1. The summed E-state index contributed by atoms with van der Waals surface area (Å²) in [6.07, 6.45) is 3.80. The first-order valence-corrected chi connectivity index (χ1v) is 5.55. The Labute approximate surface area is 92.0 Å². The van der Waals surface area contributed by atoms with Crippen LogP contribution in [0, 0.1) is 5.41 Å². The van der Waals surface area contributed by atoms with E-state index < -0.39 is 5.60 Å². The molecule has 15 heavy (non-hydrogen) atoms. The lowest BCUT2D eigenvalue weighted by molar-refractivity contribution is -0.0212. The summed E-state index contributed by atoms with van der Waals surface area (Å²) in [5.74, 6) is 0.397. The molecule has 1 fully saturated rings. The zero-order valence-electron chi connectivity index (χ0n) is 10.0. The maximum absolute atomic E-state index is 10.3. The average Bonchev–Trinajstić information content (AvgIpc) is 2.20. The van der Waals surface area contributed by atoms with Gasteiger partial charge in [-0.3, -0.25) is 4.99 Å². The standard InChI is InChI=1S/C11H23N3O/c1-10(2)4-6-11(15,7-5-10)8-14-9(12)13-3/h15H,4-8H2,1-3H3,(H3,12,13,14). The number of nitrogens with one attached hydrogen (secondary N) is 1. The van der Waals surface area contributed by atoms with Crippen molar-refractivity contribution in [2.75, 3.05) is 13.6 Å². The zero-order valence-corrected chi connectivity index (χ0v) is 10.0. The van der Waals surface area contributed by atoms with E-state index in [1.165, 1.54) is 0 Å². The molecule has 1 saturated carbocycles. The number of hydrogen-bond donors (Lipinski definition) is 3. The second kappa shape index (κ2) is 4.39. The van der Waals surface area contributed by atoms with Gasteiger partial charge in [0.2, 0.25) is 0 Å². The molecule has 0 aliphatic heterocycles. The van der Waals surface area contributed by atoms with Crippen LogP contribution in [-0.2, 0) is 0 Å². The third-order valence-electron chi connectivity index (χ3n) is 3.37. The van der Waals surface area contributed by atoms with Crippen molar-refractivity contribution in [1.82, 2.24) is 5.32 Å². The topological polar surface area (TPSA) is 70.6 Å². The molecular formula is C11H23N3O. The second-order valence-electron chi connectivity index (χ2n) is 5.35. The molecule has 4 heteroatoms. The fourth-order valence-electron chi connectivity index (χ4n) is 1.90. The minimum Gasteiger partial charge on any atom is -0.388 e. The predicted molar refractivity (Wildman–Crippen MR) is 62.7 cm³/mol. The summed E-state index contributed by atoms with van der Waals surface area (Å²) in [5.41, 5.74) is 5.30. The number of guanidine groups is 1. The number of rotatable bonds is 2. The molecule has 0 aromatic heterocycles. The average molecular weight is 213 g/mol. The molecule has 0 aromatic carbocycles. The normalized spacial score (nSPS) is 24.9. The van der Waals surface area contributed by atoms with Crippen molar-refractivity contribution in [3.8, 4) is 0 Å². The van der Waals surface area contributed by atoms with Gasteiger partial charge in [-0.25, -0.2) is 0 Å². The van der Waals surface area contributed by atoms with E-state index in [2.05, 4.69) is 24.2 Å². The van der Waals surface area contributed by atoms with Gasteiger partial charge in [0, 0.05) is 13.6 Å². The predicted octanol–water partition coefficient (Wildman–Crippen LogP) is 0.852.